The Morgan fingerprint density at radius 1 is 0.548 bits per heavy atom. The maximum atomic E-state index is 14.1. The Balaban J connectivity index is 1.62. The first-order valence-corrected chi connectivity index (χ1v) is 13.4. The van der Waals surface area contributed by atoms with Crippen molar-refractivity contribution in [2.75, 3.05) is 14.2 Å². The molecule has 0 fully saturated rings. The molecule has 0 radical (unpaired) electrons. The molecule has 0 unspecified atom stereocenters. The predicted molar refractivity (Wildman–Crippen MR) is 155 cm³/mol. The summed E-state index contributed by atoms with van der Waals surface area (Å²) in [6.45, 7) is 0.146. The van der Waals surface area contributed by atoms with Gasteiger partial charge in [-0.05, 0) is 70.8 Å². The van der Waals surface area contributed by atoms with Crippen LogP contribution in [0.5, 0.6) is 11.5 Å². The molecule has 5 rings (SSSR count). The first-order valence-electron chi connectivity index (χ1n) is 13.4. The van der Waals surface area contributed by atoms with Crippen molar-refractivity contribution in [3.63, 3.8) is 0 Å². The van der Waals surface area contributed by atoms with Crippen molar-refractivity contribution in [2.45, 2.75) is 25.2 Å². The molecule has 0 bridgehead atoms. The molecule has 214 valence electrons. The Morgan fingerprint density at radius 3 is 1.19 bits per heavy atom. The van der Waals surface area contributed by atoms with Gasteiger partial charge in [-0.25, -0.2) is 8.78 Å². The van der Waals surface area contributed by atoms with Crippen LogP contribution < -0.4 is 9.47 Å². The van der Waals surface area contributed by atoms with Gasteiger partial charge in [-0.1, -0.05) is 60.7 Å². The van der Waals surface area contributed by atoms with Crippen molar-refractivity contribution >= 4 is 11.8 Å². The van der Waals surface area contributed by atoms with Crippen molar-refractivity contribution in [3.8, 4) is 11.5 Å². The van der Waals surface area contributed by atoms with Crippen molar-refractivity contribution in [3.05, 3.63) is 143 Å². The molecule has 4 aromatic carbocycles. The van der Waals surface area contributed by atoms with E-state index >= 15 is 0 Å². The molecule has 0 aromatic heterocycles. The summed E-state index contributed by atoms with van der Waals surface area (Å²) in [4.78, 5) is 31.2. The normalized spacial score (nSPS) is 17.9. The third kappa shape index (κ3) is 6.33. The number of hydrogen-bond acceptors (Lipinski definition) is 4. The van der Waals surface area contributed by atoms with E-state index in [1.165, 1.54) is 34.1 Å². The molecule has 0 saturated carbocycles. The molecule has 2 atom stereocenters. The van der Waals surface area contributed by atoms with Crippen LogP contribution in [0, 0.1) is 11.6 Å². The summed E-state index contributed by atoms with van der Waals surface area (Å²) in [7, 11) is 3.14. The fraction of sp³-hybridized carbons (Fsp3) is 0.176. The zero-order valence-electron chi connectivity index (χ0n) is 23.2. The lowest BCUT2D eigenvalue weighted by Gasteiger charge is -2.37. The quantitative estimate of drug-likeness (QED) is 0.183. The topological polar surface area (TPSA) is 59.1 Å². The van der Waals surface area contributed by atoms with Crippen LogP contribution >= 0.6 is 0 Å². The van der Waals surface area contributed by atoms with Crippen LogP contribution in [-0.2, 0) is 22.7 Å². The lowest BCUT2D eigenvalue weighted by molar-refractivity contribution is -0.155. The Hall–Kier alpha value is -4.98. The van der Waals surface area contributed by atoms with Crippen molar-refractivity contribution < 1.29 is 27.8 Å². The number of hydrogen-bond donors (Lipinski definition) is 0. The number of ether oxygens (including phenoxy) is 2. The van der Waals surface area contributed by atoms with Crippen LogP contribution in [0.3, 0.4) is 0 Å². The minimum atomic E-state index is -0.717. The Morgan fingerprint density at radius 2 is 0.881 bits per heavy atom. The van der Waals surface area contributed by atoms with E-state index in [4.69, 9.17) is 9.47 Å². The first-order chi connectivity index (χ1) is 20.4. The molecule has 0 saturated heterocycles. The van der Waals surface area contributed by atoms with Gasteiger partial charge >= 0.3 is 11.8 Å². The largest absolute Gasteiger partial charge is 0.497 e. The summed E-state index contributed by atoms with van der Waals surface area (Å²) in [5.41, 5.74) is 2.88. The van der Waals surface area contributed by atoms with E-state index in [2.05, 4.69) is 0 Å². The Labute approximate surface area is 243 Å². The molecule has 42 heavy (non-hydrogen) atoms. The SMILES string of the molecule is COc1ccc([C@H]2/C=C\[C@@H](c3ccc(OC)cc3)N(Cc3ccc(F)cc3)C(=O)C(=O)N2Cc2ccc(F)cc2)cc1. The van der Waals surface area contributed by atoms with Crippen molar-refractivity contribution in [2.24, 2.45) is 0 Å². The van der Waals surface area contributed by atoms with E-state index in [0.29, 0.717) is 22.6 Å². The molecule has 0 aliphatic carbocycles. The standard InChI is InChI=1S/C34H30F2N2O4/c1-41-29-15-7-25(8-16-29)31-19-20-32(26-9-17-30(42-2)18-10-26)38(22-24-5-13-28(36)14-6-24)34(40)33(39)37(31)21-23-3-11-27(35)12-4-23/h3-20,31-32H,21-22H2,1-2H3/b20-19-/t31-,32+. The average Bonchev–Trinajstić information content (AvgIpc) is 3.02. The smallest absolute Gasteiger partial charge is 0.313 e. The summed E-state index contributed by atoms with van der Waals surface area (Å²) in [6, 6.07) is 25.1. The number of halogens is 2. The highest BCUT2D eigenvalue weighted by Crippen LogP contribution is 2.34. The third-order valence-corrected chi connectivity index (χ3v) is 7.30. The monoisotopic (exact) mass is 568 g/mol. The first kappa shape index (κ1) is 28.5. The van der Waals surface area contributed by atoms with Crippen molar-refractivity contribution in [1.82, 2.24) is 9.80 Å². The molecule has 1 aliphatic rings. The van der Waals surface area contributed by atoms with Crippen LogP contribution in [0.1, 0.15) is 34.3 Å². The molecule has 1 aliphatic heterocycles. The number of amides is 2. The van der Waals surface area contributed by atoms with Crippen LogP contribution in [0.2, 0.25) is 0 Å². The lowest BCUT2D eigenvalue weighted by atomic mass is 9.96. The van der Waals surface area contributed by atoms with E-state index in [0.717, 1.165) is 11.1 Å². The van der Waals surface area contributed by atoms with Crippen LogP contribution in [-0.4, -0.2) is 35.8 Å². The zero-order chi connectivity index (χ0) is 29.6. The minimum Gasteiger partial charge on any atom is -0.497 e. The molecular formula is C34H30F2N2O4. The molecule has 2 amide bonds. The van der Waals surface area contributed by atoms with Gasteiger partial charge < -0.3 is 19.3 Å². The van der Waals surface area contributed by atoms with Crippen LogP contribution in [0.25, 0.3) is 0 Å². The van der Waals surface area contributed by atoms with E-state index in [-0.39, 0.29) is 13.1 Å². The van der Waals surface area contributed by atoms with Gasteiger partial charge in [0.1, 0.15) is 23.1 Å². The van der Waals surface area contributed by atoms with Gasteiger partial charge in [-0.2, -0.15) is 0 Å². The third-order valence-electron chi connectivity index (χ3n) is 7.30. The van der Waals surface area contributed by atoms with Crippen molar-refractivity contribution in [1.29, 1.82) is 0 Å². The maximum Gasteiger partial charge on any atom is 0.313 e. The number of carbonyl (C=O) groups excluding carboxylic acids is 2. The number of carbonyl (C=O) groups is 2. The molecule has 8 heteroatoms. The fourth-order valence-electron chi connectivity index (χ4n) is 5.01. The second-order valence-corrected chi connectivity index (χ2v) is 9.94. The number of benzene rings is 4. The highest BCUT2D eigenvalue weighted by molar-refractivity contribution is 6.35. The van der Waals surface area contributed by atoms with E-state index in [9.17, 15) is 18.4 Å². The Kier molecular flexibility index (Phi) is 8.62. The lowest BCUT2D eigenvalue weighted by Crippen LogP contribution is -2.48. The summed E-state index contributed by atoms with van der Waals surface area (Å²) in [6.07, 6.45) is 3.81. The van der Waals surface area contributed by atoms with Gasteiger partial charge in [-0.15, -0.1) is 0 Å². The summed E-state index contributed by atoms with van der Waals surface area (Å²) in [5, 5.41) is 0. The second-order valence-electron chi connectivity index (χ2n) is 9.94. The van der Waals surface area contributed by atoms with Gasteiger partial charge in [-0.3, -0.25) is 9.59 Å². The molecule has 1 heterocycles. The summed E-state index contributed by atoms with van der Waals surface area (Å²) in [5.74, 6) is -0.915. The summed E-state index contributed by atoms with van der Waals surface area (Å²) < 4.78 is 38.0. The van der Waals surface area contributed by atoms with E-state index in [1.807, 2.05) is 36.4 Å². The van der Waals surface area contributed by atoms with Gasteiger partial charge in [0.05, 0.1) is 26.3 Å². The fourth-order valence-corrected chi connectivity index (χ4v) is 5.01. The van der Waals surface area contributed by atoms with Gasteiger partial charge in [0.2, 0.25) is 0 Å². The van der Waals surface area contributed by atoms with Crippen LogP contribution in [0.4, 0.5) is 8.78 Å². The van der Waals surface area contributed by atoms with E-state index < -0.39 is 35.5 Å². The van der Waals surface area contributed by atoms with Gasteiger partial charge in [0, 0.05) is 13.1 Å². The van der Waals surface area contributed by atoms with E-state index in [1.54, 1.807) is 62.8 Å². The second kappa shape index (κ2) is 12.7. The molecule has 0 N–H and O–H groups in total. The average molecular weight is 569 g/mol. The van der Waals surface area contributed by atoms with Gasteiger partial charge in [0.15, 0.2) is 0 Å². The Bertz CT molecular complexity index is 1430. The molecule has 4 aromatic rings. The van der Waals surface area contributed by atoms with Crippen LogP contribution in [0.15, 0.2) is 109 Å². The number of rotatable bonds is 8. The number of methoxy groups -OCH3 is 2. The van der Waals surface area contributed by atoms with Gasteiger partial charge in [0.25, 0.3) is 0 Å². The maximum absolute atomic E-state index is 14.1. The highest BCUT2D eigenvalue weighted by Gasteiger charge is 2.37. The highest BCUT2D eigenvalue weighted by atomic mass is 19.1. The summed E-state index contributed by atoms with van der Waals surface area (Å²) >= 11 is 0. The molecule has 0 spiro atoms. The zero-order valence-corrected chi connectivity index (χ0v) is 23.2. The molecular weight excluding hydrogens is 538 g/mol. The predicted octanol–water partition coefficient (Wildman–Crippen LogP) is 6.39. The number of nitrogens with zero attached hydrogens (tertiary/aromatic N) is 2. The minimum absolute atomic E-state index is 0.0729. The molecule has 6 nitrogen and oxygen atoms in total.